The van der Waals surface area contributed by atoms with Crippen molar-refractivity contribution >= 4 is 67.3 Å². The lowest BCUT2D eigenvalue weighted by molar-refractivity contribution is -0.143. The predicted molar refractivity (Wildman–Crippen MR) is 202 cm³/mol. The van der Waals surface area contributed by atoms with Crippen LogP contribution in [-0.2, 0) is 19.2 Å². The van der Waals surface area contributed by atoms with Crippen molar-refractivity contribution in [3.63, 3.8) is 0 Å². The molecule has 0 amide bonds. The van der Waals surface area contributed by atoms with Crippen molar-refractivity contribution in [1.82, 2.24) is 9.80 Å². The molecule has 2 aliphatic rings. The Morgan fingerprint density at radius 2 is 0.942 bits per heavy atom. The van der Waals surface area contributed by atoms with Gasteiger partial charge in [-0.05, 0) is 57.0 Å². The van der Waals surface area contributed by atoms with Crippen molar-refractivity contribution in [2.75, 3.05) is 67.3 Å². The Morgan fingerprint density at radius 3 is 1.19 bits per heavy atom. The molecule has 52 heavy (non-hydrogen) atoms. The third kappa shape index (κ3) is 9.13. The SMILES string of the molecule is COc1cc(C2SCC(C(=O)O)N2C[C@H](C)C(=O)SSC(=O)[C@@H](C)CN2C(C(=O)O)CSC2c2cc(OC)c(OC)c(OC)c2)cc(OC)c1OC. The number of carboxylic acid groups (broad SMARTS) is 2. The molecule has 4 rings (SSSR count). The minimum atomic E-state index is -1.00. The summed E-state index contributed by atoms with van der Waals surface area (Å²) in [6.07, 6.45) is 0. The van der Waals surface area contributed by atoms with Gasteiger partial charge in [-0.3, -0.25) is 29.0 Å². The number of thioether (sulfide) groups is 2. The first-order valence-corrected chi connectivity index (χ1v) is 20.3. The third-order valence-electron chi connectivity index (χ3n) is 8.72. The molecule has 0 spiro atoms. The summed E-state index contributed by atoms with van der Waals surface area (Å²) >= 11 is 2.87. The molecule has 2 heterocycles. The second-order valence-corrected chi connectivity index (χ2v) is 16.4. The van der Waals surface area contributed by atoms with Gasteiger partial charge < -0.3 is 38.6 Å². The normalized spacial score (nSPS) is 21.6. The fraction of sp³-hybridized carbons (Fsp3) is 0.529. The minimum Gasteiger partial charge on any atom is -0.493 e. The summed E-state index contributed by atoms with van der Waals surface area (Å²) in [6, 6.07) is 5.40. The van der Waals surface area contributed by atoms with Crippen LogP contribution >= 0.6 is 45.1 Å². The molecule has 6 atom stereocenters. The Labute approximate surface area is 319 Å². The van der Waals surface area contributed by atoms with Crippen LogP contribution in [0.15, 0.2) is 24.3 Å². The molecule has 2 fully saturated rings. The third-order valence-corrected chi connectivity index (χ3v) is 13.9. The number of carbonyl (C=O) groups excluding carboxylic acids is 2. The number of benzene rings is 2. The summed E-state index contributed by atoms with van der Waals surface area (Å²) < 4.78 is 32.9. The molecule has 0 saturated carbocycles. The van der Waals surface area contributed by atoms with E-state index >= 15 is 0 Å². The number of carbonyl (C=O) groups is 4. The van der Waals surface area contributed by atoms with Gasteiger partial charge in [0.25, 0.3) is 0 Å². The smallest absolute Gasteiger partial charge is 0.321 e. The number of ether oxygens (including phenoxy) is 6. The lowest BCUT2D eigenvalue weighted by Gasteiger charge is -2.30. The molecular formula is C34H44N2O12S4. The highest BCUT2D eigenvalue weighted by atomic mass is 33.1. The first-order chi connectivity index (χ1) is 24.8. The van der Waals surface area contributed by atoms with Gasteiger partial charge in [0.15, 0.2) is 23.0 Å². The first kappa shape index (κ1) is 41.6. The van der Waals surface area contributed by atoms with E-state index in [9.17, 15) is 29.4 Å². The Hall–Kier alpha value is -3.16. The van der Waals surface area contributed by atoms with Crippen LogP contribution in [0.2, 0.25) is 0 Å². The van der Waals surface area contributed by atoms with Gasteiger partial charge in [-0.2, -0.15) is 0 Å². The van der Waals surface area contributed by atoms with Crippen LogP contribution in [0.4, 0.5) is 0 Å². The summed E-state index contributed by atoms with van der Waals surface area (Å²) in [5.74, 6) is -0.113. The van der Waals surface area contributed by atoms with Gasteiger partial charge in [0.05, 0.1) is 53.4 Å². The lowest BCUT2D eigenvalue weighted by atomic mass is 10.1. The molecule has 14 nitrogen and oxygen atoms in total. The standard InChI is InChI=1S/C34H44N2O12S4/c1-17(13-35-21(31(37)38)15-49-29(35)19-9-23(43-3)27(47-7)24(10-19)44-4)33(41)51-52-34(42)18(2)14-36-22(32(39)40)16-50-30(36)20-11-25(45-5)28(48-8)26(12-20)46-6/h9-12,17-18,21-22,29-30H,13-16H2,1-8H3,(H,37,38)(H,39,40)/t17-,18-,21?,22?,29?,30?/m0/s1. The van der Waals surface area contributed by atoms with Crippen LogP contribution in [-0.4, -0.2) is 122 Å². The van der Waals surface area contributed by atoms with Crippen LogP contribution in [0.25, 0.3) is 0 Å². The maximum absolute atomic E-state index is 13.4. The fourth-order valence-electron chi connectivity index (χ4n) is 6.04. The number of rotatable bonds is 16. The number of hydrogen-bond acceptors (Lipinski definition) is 16. The average Bonchev–Trinajstić information content (AvgIpc) is 3.76. The molecule has 0 radical (unpaired) electrons. The summed E-state index contributed by atoms with van der Waals surface area (Å²) in [6.45, 7) is 3.67. The number of methoxy groups -OCH3 is 6. The van der Waals surface area contributed by atoms with Gasteiger partial charge in [-0.15, -0.1) is 23.5 Å². The zero-order valence-electron chi connectivity index (χ0n) is 30.1. The van der Waals surface area contributed by atoms with Gasteiger partial charge in [-0.1, -0.05) is 13.8 Å². The van der Waals surface area contributed by atoms with E-state index in [1.54, 1.807) is 47.9 Å². The van der Waals surface area contributed by atoms with E-state index in [0.29, 0.717) is 46.0 Å². The molecule has 286 valence electrons. The summed E-state index contributed by atoms with van der Waals surface area (Å²) in [5, 5.41) is 18.7. The molecule has 2 aromatic carbocycles. The summed E-state index contributed by atoms with van der Waals surface area (Å²) in [5.41, 5.74) is 1.47. The Balaban J connectivity index is 1.44. The molecule has 0 aliphatic carbocycles. The van der Waals surface area contributed by atoms with Crippen LogP contribution in [0.3, 0.4) is 0 Å². The summed E-state index contributed by atoms with van der Waals surface area (Å²) in [4.78, 5) is 54.8. The van der Waals surface area contributed by atoms with E-state index in [-0.39, 0.29) is 23.3 Å². The quantitative estimate of drug-likeness (QED) is 0.214. The van der Waals surface area contributed by atoms with Gasteiger partial charge in [-0.25, -0.2) is 0 Å². The lowest BCUT2D eigenvalue weighted by Crippen LogP contribution is -2.42. The van der Waals surface area contributed by atoms with Crippen molar-refractivity contribution in [2.24, 2.45) is 11.8 Å². The maximum atomic E-state index is 13.4. The zero-order chi connectivity index (χ0) is 38.3. The first-order valence-electron chi connectivity index (χ1n) is 16.1. The number of nitrogens with zero attached hydrogens (tertiary/aromatic N) is 2. The molecule has 18 heteroatoms. The molecule has 2 aliphatic heterocycles. The van der Waals surface area contributed by atoms with E-state index in [4.69, 9.17) is 28.4 Å². The van der Waals surface area contributed by atoms with E-state index in [1.165, 1.54) is 66.2 Å². The number of hydrogen-bond donors (Lipinski definition) is 2. The van der Waals surface area contributed by atoms with E-state index < -0.39 is 46.6 Å². The van der Waals surface area contributed by atoms with Crippen molar-refractivity contribution in [1.29, 1.82) is 0 Å². The average molecular weight is 801 g/mol. The van der Waals surface area contributed by atoms with Crippen molar-refractivity contribution < 1.29 is 57.8 Å². The Kier molecular flexibility index (Phi) is 15.0. The Bertz CT molecular complexity index is 1460. The number of carboxylic acids is 2. The molecule has 4 unspecified atom stereocenters. The number of aliphatic carboxylic acids is 2. The molecule has 2 saturated heterocycles. The topological polar surface area (TPSA) is 171 Å². The molecule has 2 aromatic rings. The van der Waals surface area contributed by atoms with Crippen molar-refractivity contribution in [3.8, 4) is 34.5 Å². The van der Waals surface area contributed by atoms with Gasteiger partial charge in [0.1, 0.15) is 12.1 Å². The highest BCUT2D eigenvalue weighted by Gasteiger charge is 2.43. The van der Waals surface area contributed by atoms with Crippen molar-refractivity contribution in [2.45, 2.75) is 36.7 Å². The van der Waals surface area contributed by atoms with E-state index in [1.807, 2.05) is 0 Å². The van der Waals surface area contributed by atoms with Gasteiger partial charge >= 0.3 is 11.9 Å². The zero-order valence-corrected chi connectivity index (χ0v) is 33.4. The van der Waals surface area contributed by atoms with Gasteiger partial charge in [0.2, 0.25) is 21.7 Å². The van der Waals surface area contributed by atoms with Crippen molar-refractivity contribution in [3.05, 3.63) is 35.4 Å². The van der Waals surface area contributed by atoms with Crippen LogP contribution in [0.5, 0.6) is 34.5 Å². The maximum Gasteiger partial charge on any atom is 0.321 e. The fourth-order valence-corrected chi connectivity index (χ4v) is 11.1. The second-order valence-electron chi connectivity index (χ2n) is 12.0. The van der Waals surface area contributed by atoms with Crippen LogP contribution < -0.4 is 28.4 Å². The largest absolute Gasteiger partial charge is 0.493 e. The molecule has 2 N–H and O–H groups in total. The van der Waals surface area contributed by atoms with Crippen LogP contribution in [0, 0.1) is 11.8 Å². The highest BCUT2D eigenvalue weighted by Crippen LogP contribution is 2.49. The molecular weight excluding hydrogens is 757 g/mol. The van der Waals surface area contributed by atoms with Crippen LogP contribution in [0.1, 0.15) is 35.7 Å². The van der Waals surface area contributed by atoms with Gasteiger partial charge in [0, 0.05) is 36.4 Å². The molecule has 0 bridgehead atoms. The highest BCUT2D eigenvalue weighted by molar-refractivity contribution is 8.87. The Morgan fingerprint density at radius 1 is 0.635 bits per heavy atom. The minimum absolute atomic E-state index is 0.128. The molecule has 0 aromatic heterocycles. The second kappa shape index (κ2) is 18.7. The summed E-state index contributed by atoms with van der Waals surface area (Å²) in [7, 11) is 10.6. The van der Waals surface area contributed by atoms with E-state index in [0.717, 1.165) is 32.7 Å². The monoisotopic (exact) mass is 800 g/mol. The van der Waals surface area contributed by atoms with E-state index in [2.05, 4.69) is 0 Å². The predicted octanol–water partition coefficient (Wildman–Crippen LogP) is 5.15.